The van der Waals surface area contributed by atoms with Gasteiger partial charge in [0.2, 0.25) is 5.91 Å². The van der Waals surface area contributed by atoms with Crippen molar-refractivity contribution in [3.63, 3.8) is 0 Å². The highest BCUT2D eigenvalue weighted by molar-refractivity contribution is 6.32. The summed E-state index contributed by atoms with van der Waals surface area (Å²) in [6.45, 7) is 0.358. The number of pyridine rings is 1. The van der Waals surface area contributed by atoms with E-state index in [9.17, 15) is 9.59 Å². The van der Waals surface area contributed by atoms with E-state index < -0.39 is 6.03 Å². The number of hydrogen-bond acceptors (Lipinski definition) is 5. The van der Waals surface area contributed by atoms with Crippen LogP contribution in [-0.4, -0.2) is 23.5 Å². The standard InChI is InChI=1S/C20H19ClN4O4/c21-17-10-14(6-7-18(17)29-13-15-4-1-2-8-22-15)25-20(27)24-12-19(26)23-11-16-5-3-9-28-16/h1-10H,11-13H2,(H,23,26)(H2,24,25,27). The van der Waals surface area contributed by atoms with Crippen LogP contribution < -0.4 is 20.7 Å². The molecule has 0 spiro atoms. The highest BCUT2D eigenvalue weighted by atomic mass is 35.5. The summed E-state index contributed by atoms with van der Waals surface area (Å²) in [5, 5.41) is 8.05. The highest BCUT2D eigenvalue weighted by Crippen LogP contribution is 2.28. The first-order valence-electron chi connectivity index (χ1n) is 8.76. The maximum absolute atomic E-state index is 12.0. The first-order valence-corrected chi connectivity index (χ1v) is 9.14. The minimum atomic E-state index is -0.531. The molecule has 1 aromatic carbocycles. The Hall–Kier alpha value is -3.52. The molecule has 0 bridgehead atoms. The molecule has 3 rings (SSSR count). The molecule has 9 heteroatoms. The lowest BCUT2D eigenvalue weighted by Crippen LogP contribution is -2.38. The molecule has 0 atom stereocenters. The molecule has 0 aliphatic carbocycles. The third-order valence-electron chi connectivity index (χ3n) is 3.74. The van der Waals surface area contributed by atoms with E-state index in [1.165, 1.54) is 6.26 Å². The lowest BCUT2D eigenvalue weighted by atomic mass is 10.3. The maximum Gasteiger partial charge on any atom is 0.319 e. The molecule has 3 amide bonds. The quantitative estimate of drug-likeness (QED) is 0.524. The van der Waals surface area contributed by atoms with E-state index in [0.717, 1.165) is 5.69 Å². The molecule has 0 fully saturated rings. The Morgan fingerprint density at radius 1 is 1.10 bits per heavy atom. The van der Waals surface area contributed by atoms with E-state index in [-0.39, 0.29) is 25.6 Å². The summed E-state index contributed by atoms with van der Waals surface area (Å²) in [4.78, 5) is 27.9. The van der Waals surface area contributed by atoms with Crippen LogP contribution in [0.25, 0.3) is 0 Å². The number of aromatic nitrogens is 1. The van der Waals surface area contributed by atoms with Crippen LogP contribution >= 0.6 is 11.6 Å². The van der Waals surface area contributed by atoms with Crippen LogP contribution in [0.15, 0.2) is 65.4 Å². The molecule has 0 aliphatic rings. The van der Waals surface area contributed by atoms with Crippen molar-refractivity contribution in [3.05, 3.63) is 77.5 Å². The van der Waals surface area contributed by atoms with Gasteiger partial charge < -0.3 is 25.1 Å². The highest BCUT2D eigenvalue weighted by Gasteiger charge is 2.09. The number of rotatable bonds is 8. The Kier molecular flexibility index (Phi) is 7.07. The number of carbonyl (C=O) groups is 2. The van der Waals surface area contributed by atoms with Gasteiger partial charge in [0, 0.05) is 11.9 Å². The van der Waals surface area contributed by atoms with Crippen LogP contribution in [0.1, 0.15) is 11.5 Å². The van der Waals surface area contributed by atoms with E-state index in [0.29, 0.717) is 22.2 Å². The second-order valence-corrected chi connectivity index (χ2v) is 6.33. The van der Waals surface area contributed by atoms with Crippen molar-refractivity contribution in [2.75, 3.05) is 11.9 Å². The smallest absolute Gasteiger partial charge is 0.319 e. The average molecular weight is 415 g/mol. The van der Waals surface area contributed by atoms with Gasteiger partial charge in [-0.2, -0.15) is 0 Å². The van der Waals surface area contributed by atoms with Crippen molar-refractivity contribution in [2.45, 2.75) is 13.2 Å². The Labute approximate surface area is 172 Å². The van der Waals surface area contributed by atoms with Crippen molar-refractivity contribution >= 4 is 29.2 Å². The van der Waals surface area contributed by atoms with Crippen LogP contribution in [0.4, 0.5) is 10.5 Å². The fourth-order valence-electron chi connectivity index (χ4n) is 2.33. The summed E-state index contributed by atoms with van der Waals surface area (Å²) in [5.74, 6) is 0.760. The van der Waals surface area contributed by atoms with Gasteiger partial charge >= 0.3 is 6.03 Å². The number of hydrogen-bond donors (Lipinski definition) is 3. The Balaban J connectivity index is 1.42. The van der Waals surface area contributed by atoms with E-state index in [1.54, 1.807) is 36.5 Å². The number of anilines is 1. The molecule has 0 saturated heterocycles. The third-order valence-corrected chi connectivity index (χ3v) is 4.04. The number of ether oxygens (including phenoxy) is 1. The van der Waals surface area contributed by atoms with Crippen molar-refractivity contribution < 1.29 is 18.7 Å². The van der Waals surface area contributed by atoms with Crippen LogP contribution in [0.3, 0.4) is 0 Å². The predicted octanol–water partition coefficient (Wildman–Crippen LogP) is 3.34. The van der Waals surface area contributed by atoms with E-state index in [2.05, 4.69) is 20.9 Å². The Bertz CT molecular complexity index is 948. The minimum Gasteiger partial charge on any atom is -0.486 e. The van der Waals surface area contributed by atoms with Gasteiger partial charge in [-0.3, -0.25) is 9.78 Å². The van der Waals surface area contributed by atoms with E-state index in [4.69, 9.17) is 20.8 Å². The van der Waals surface area contributed by atoms with Crippen LogP contribution in [-0.2, 0) is 17.9 Å². The van der Waals surface area contributed by atoms with Gasteiger partial charge in [0.25, 0.3) is 0 Å². The molecule has 29 heavy (non-hydrogen) atoms. The zero-order valence-electron chi connectivity index (χ0n) is 15.4. The number of nitrogens with zero attached hydrogens (tertiary/aromatic N) is 1. The summed E-state index contributed by atoms with van der Waals surface area (Å²) in [6, 6.07) is 13.3. The maximum atomic E-state index is 12.0. The summed E-state index contributed by atoms with van der Waals surface area (Å²) >= 11 is 6.21. The zero-order valence-corrected chi connectivity index (χ0v) is 16.1. The number of amides is 3. The minimum absolute atomic E-state index is 0.175. The second kappa shape index (κ2) is 10.1. The monoisotopic (exact) mass is 414 g/mol. The van der Waals surface area contributed by atoms with Gasteiger partial charge in [-0.05, 0) is 42.5 Å². The van der Waals surface area contributed by atoms with Crippen molar-refractivity contribution in [1.29, 1.82) is 0 Å². The zero-order chi connectivity index (χ0) is 20.5. The normalized spacial score (nSPS) is 10.2. The molecule has 2 aromatic heterocycles. The average Bonchev–Trinajstić information content (AvgIpc) is 3.24. The van der Waals surface area contributed by atoms with Gasteiger partial charge in [0.1, 0.15) is 18.1 Å². The molecule has 0 radical (unpaired) electrons. The fourth-order valence-corrected chi connectivity index (χ4v) is 2.56. The Morgan fingerprint density at radius 3 is 2.72 bits per heavy atom. The number of benzene rings is 1. The first-order chi connectivity index (χ1) is 14.1. The molecule has 3 N–H and O–H groups in total. The van der Waals surface area contributed by atoms with Crippen molar-refractivity contribution in [3.8, 4) is 5.75 Å². The summed E-state index contributed by atoms with van der Waals surface area (Å²) in [5.41, 5.74) is 1.24. The largest absolute Gasteiger partial charge is 0.486 e. The number of nitrogens with one attached hydrogen (secondary N) is 3. The molecule has 150 valence electrons. The van der Waals surface area contributed by atoms with Gasteiger partial charge in [0.15, 0.2) is 0 Å². The Morgan fingerprint density at radius 2 is 2.00 bits per heavy atom. The topological polar surface area (TPSA) is 105 Å². The van der Waals surface area contributed by atoms with Crippen LogP contribution in [0, 0.1) is 0 Å². The lowest BCUT2D eigenvalue weighted by molar-refractivity contribution is -0.120. The first kappa shape index (κ1) is 20.2. The second-order valence-electron chi connectivity index (χ2n) is 5.92. The molecular weight excluding hydrogens is 396 g/mol. The van der Waals surface area contributed by atoms with E-state index in [1.807, 2.05) is 18.2 Å². The molecule has 2 heterocycles. The van der Waals surface area contributed by atoms with Crippen LogP contribution in [0.5, 0.6) is 5.75 Å². The lowest BCUT2D eigenvalue weighted by Gasteiger charge is -2.11. The SMILES string of the molecule is O=C(CNC(=O)Nc1ccc(OCc2ccccn2)c(Cl)c1)NCc1ccco1. The molecular formula is C20H19ClN4O4. The van der Waals surface area contributed by atoms with Gasteiger partial charge in [0.05, 0.1) is 30.1 Å². The summed E-state index contributed by atoms with van der Waals surface area (Å²) < 4.78 is 10.7. The fraction of sp³-hybridized carbons (Fsp3) is 0.150. The molecule has 0 aliphatic heterocycles. The molecule has 3 aromatic rings. The number of carbonyl (C=O) groups excluding carboxylic acids is 2. The van der Waals surface area contributed by atoms with Crippen molar-refractivity contribution in [1.82, 2.24) is 15.6 Å². The molecule has 0 saturated carbocycles. The van der Waals surface area contributed by atoms with Gasteiger partial charge in [-0.25, -0.2) is 4.79 Å². The van der Waals surface area contributed by atoms with Gasteiger partial charge in [-0.1, -0.05) is 17.7 Å². The molecule has 0 unspecified atom stereocenters. The van der Waals surface area contributed by atoms with Crippen LogP contribution in [0.2, 0.25) is 5.02 Å². The number of furan rings is 1. The van der Waals surface area contributed by atoms with Gasteiger partial charge in [-0.15, -0.1) is 0 Å². The molecule has 8 nitrogen and oxygen atoms in total. The number of urea groups is 1. The third kappa shape index (κ3) is 6.54. The van der Waals surface area contributed by atoms with E-state index >= 15 is 0 Å². The summed E-state index contributed by atoms with van der Waals surface area (Å²) in [7, 11) is 0. The van der Waals surface area contributed by atoms with Crippen molar-refractivity contribution in [2.24, 2.45) is 0 Å². The number of halogens is 1. The summed E-state index contributed by atoms with van der Waals surface area (Å²) in [6.07, 6.45) is 3.20. The predicted molar refractivity (Wildman–Crippen MR) is 108 cm³/mol.